The van der Waals surface area contributed by atoms with Gasteiger partial charge < -0.3 is 0 Å². The van der Waals surface area contributed by atoms with Gasteiger partial charge >= 0.3 is 0 Å². The maximum atomic E-state index is 10.6. The normalized spacial score (nSPS) is 8.68. The summed E-state index contributed by atoms with van der Waals surface area (Å²) in [5.41, 5.74) is 4.23. The lowest BCUT2D eigenvalue weighted by Gasteiger charge is -2.03. The fraction of sp³-hybridized carbons (Fsp3) is 0.621. The highest BCUT2D eigenvalue weighted by Crippen LogP contribution is 2.10. The van der Waals surface area contributed by atoms with Gasteiger partial charge in [-0.25, -0.2) is 0 Å². The van der Waals surface area contributed by atoms with Crippen LogP contribution < -0.4 is 5.30 Å². The second-order valence-corrected chi connectivity index (χ2v) is 8.47. The second kappa shape index (κ2) is 31.0. The van der Waals surface area contributed by atoms with Gasteiger partial charge in [0.15, 0.2) is 6.29 Å². The van der Waals surface area contributed by atoms with E-state index in [1.807, 2.05) is 26.0 Å². The number of unbranched alkanes of at least 4 members (excludes halogenated alkanes) is 6. The molecule has 0 aliphatic rings. The number of carbonyl (C=O) groups excluding carboxylic acids is 1. The number of allylic oxidation sites excluding steroid dienone is 1. The van der Waals surface area contributed by atoms with Crippen molar-refractivity contribution >= 4 is 20.8 Å². The van der Waals surface area contributed by atoms with E-state index in [4.69, 9.17) is 0 Å². The monoisotopic (exact) mass is 450 g/mol. The molecule has 0 bridgehead atoms. The molecule has 1 atom stereocenters. The minimum absolute atomic E-state index is 0.816. The van der Waals surface area contributed by atoms with Gasteiger partial charge in [0, 0.05) is 5.56 Å². The van der Waals surface area contributed by atoms with Crippen molar-refractivity contribution in [3.63, 3.8) is 0 Å². The highest BCUT2D eigenvalue weighted by Gasteiger charge is 2.00. The van der Waals surface area contributed by atoms with Crippen molar-refractivity contribution in [3.05, 3.63) is 54.1 Å². The molecule has 0 aliphatic carbocycles. The van der Waals surface area contributed by atoms with Gasteiger partial charge in [0.2, 0.25) is 0 Å². The first-order chi connectivity index (χ1) is 14.7. The number of carbonyl (C=O) groups is 1. The van der Waals surface area contributed by atoms with Crippen LogP contribution in [0, 0.1) is 13.8 Å². The van der Waals surface area contributed by atoms with Crippen LogP contribution in [0.3, 0.4) is 0 Å². The van der Waals surface area contributed by atoms with Crippen LogP contribution in [-0.2, 0) is 0 Å². The molecule has 1 aromatic rings. The van der Waals surface area contributed by atoms with Crippen molar-refractivity contribution in [3.8, 4) is 0 Å². The van der Waals surface area contributed by atoms with E-state index in [1.165, 1.54) is 69.8 Å². The molecule has 0 radical (unpaired) electrons. The lowest BCUT2D eigenvalue weighted by Crippen LogP contribution is -1.99. The lowest BCUT2D eigenvalue weighted by molar-refractivity contribution is 0.112. The van der Waals surface area contributed by atoms with E-state index in [2.05, 4.69) is 70.5 Å². The molecule has 0 aromatic heterocycles. The molecule has 0 aliphatic heterocycles. The van der Waals surface area contributed by atoms with Crippen molar-refractivity contribution < 1.29 is 4.79 Å². The zero-order valence-electron chi connectivity index (χ0n) is 22.4. The van der Waals surface area contributed by atoms with Crippen LogP contribution in [0.1, 0.15) is 127 Å². The summed E-state index contributed by atoms with van der Waals surface area (Å²) in [5, 5.41) is 1.13. The Morgan fingerprint density at radius 2 is 1.16 bits per heavy atom. The first kappa shape index (κ1) is 37.1. The minimum atomic E-state index is 0.816. The van der Waals surface area contributed by atoms with E-state index < -0.39 is 0 Å². The van der Waals surface area contributed by atoms with Crippen molar-refractivity contribution in [2.24, 2.45) is 0 Å². The lowest BCUT2D eigenvalue weighted by atomic mass is 10.0. The van der Waals surface area contributed by atoms with Crippen LogP contribution in [0.25, 0.3) is 0 Å². The smallest absolute Gasteiger partial charge is 0.150 e. The molecule has 2 heteroatoms. The molecule has 31 heavy (non-hydrogen) atoms. The number of rotatable bonds is 9. The Bertz CT molecular complexity index is 490. The molecule has 1 nitrogen and oxygen atoms in total. The average molecular weight is 451 g/mol. The van der Waals surface area contributed by atoms with E-state index in [1.54, 1.807) is 0 Å². The van der Waals surface area contributed by atoms with Crippen molar-refractivity contribution in [2.75, 3.05) is 0 Å². The predicted octanol–water partition coefficient (Wildman–Crippen LogP) is 9.95. The largest absolute Gasteiger partial charge is 0.298 e. The van der Waals surface area contributed by atoms with Gasteiger partial charge in [0.05, 0.1) is 0 Å². The summed E-state index contributed by atoms with van der Waals surface area (Å²) in [6, 6.07) is 3.98. The zero-order chi connectivity index (χ0) is 25.1. The first-order valence-electron chi connectivity index (χ1n) is 12.2. The van der Waals surface area contributed by atoms with E-state index in [0.29, 0.717) is 0 Å². The van der Waals surface area contributed by atoms with Crippen LogP contribution in [-0.4, -0.2) is 6.29 Å². The molecule has 0 N–H and O–H groups in total. The molecule has 0 saturated carbocycles. The van der Waals surface area contributed by atoms with Crippen molar-refractivity contribution in [1.29, 1.82) is 0 Å². The Hall–Kier alpha value is -1.20. The van der Waals surface area contributed by atoms with Gasteiger partial charge in [-0.15, -0.1) is 29.0 Å². The molecule has 1 unspecified atom stereocenters. The van der Waals surface area contributed by atoms with E-state index in [9.17, 15) is 4.79 Å². The standard InChI is InChI=1S/C9H11OP.C8H16.C6H14.C4H10.C2H4/c1-6-3-8(11)4-7(2)9(6)5-10;1-4-5-6-7-8(2)3;1-3-5-6-4-2;1-3-4-2;1-2/h3-5H,11H2,1-2H3;2,4-7H2,1,3H3;3-6H2,1-2H3;3-4H2,1-2H3;1-2H2. The quantitative estimate of drug-likeness (QED) is 0.158. The third kappa shape index (κ3) is 31.1. The molecule has 0 fully saturated rings. The Kier molecular flexibility index (Phi) is 37.1. The molecular weight excluding hydrogens is 395 g/mol. The summed E-state index contributed by atoms with van der Waals surface area (Å²) in [6.45, 7) is 26.9. The number of aryl methyl sites for hydroxylation is 2. The third-order valence-electron chi connectivity index (χ3n) is 4.40. The van der Waals surface area contributed by atoms with Gasteiger partial charge in [-0.05, 0) is 50.0 Å². The Labute approximate surface area is 199 Å². The summed E-state index contributed by atoms with van der Waals surface area (Å²) in [6.07, 6.45) is 14.3. The molecule has 1 rings (SSSR count). The van der Waals surface area contributed by atoms with Crippen LogP contribution in [0.5, 0.6) is 0 Å². The molecule has 182 valence electrons. The summed E-state index contributed by atoms with van der Waals surface area (Å²) >= 11 is 0. The highest BCUT2D eigenvalue weighted by atomic mass is 31.0. The summed E-state index contributed by atoms with van der Waals surface area (Å²) < 4.78 is 0. The van der Waals surface area contributed by atoms with Crippen molar-refractivity contribution in [1.82, 2.24) is 0 Å². The van der Waals surface area contributed by atoms with E-state index in [-0.39, 0.29) is 0 Å². The fourth-order valence-corrected chi connectivity index (χ4v) is 2.87. The molecule has 0 spiro atoms. The molecule has 0 saturated heterocycles. The second-order valence-electron chi connectivity index (χ2n) is 7.81. The van der Waals surface area contributed by atoms with Crippen LogP contribution >= 0.6 is 9.24 Å². The maximum Gasteiger partial charge on any atom is 0.150 e. The van der Waals surface area contributed by atoms with Crippen LogP contribution in [0.15, 0.2) is 37.4 Å². The van der Waals surface area contributed by atoms with Gasteiger partial charge in [-0.3, -0.25) is 4.79 Å². The number of hydrogen-bond acceptors (Lipinski definition) is 1. The molecule has 1 aromatic carbocycles. The molecular formula is C29H55OP. The van der Waals surface area contributed by atoms with Gasteiger partial charge in [0.1, 0.15) is 0 Å². The van der Waals surface area contributed by atoms with Gasteiger partial charge in [0.25, 0.3) is 0 Å². The molecule has 0 amide bonds. The highest BCUT2D eigenvalue weighted by molar-refractivity contribution is 7.27. The number of benzene rings is 1. The first-order valence-corrected chi connectivity index (χ1v) is 12.8. The maximum absolute atomic E-state index is 10.6. The summed E-state index contributed by atoms with van der Waals surface area (Å²) in [5.74, 6) is 0. The predicted molar refractivity (Wildman–Crippen MR) is 151 cm³/mol. The number of aldehydes is 1. The van der Waals surface area contributed by atoms with Crippen LogP contribution in [0.4, 0.5) is 0 Å². The van der Waals surface area contributed by atoms with E-state index in [0.717, 1.165) is 28.3 Å². The Morgan fingerprint density at radius 1 is 0.806 bits per heavy atom. The SMILES string of the molecule is C=C.C=C(C)CCCCC.CCCC.CCCCCC.Cc1cc(P)cc(C)c1C=O. The summed E-state index contributed by atoms with van der Waals surface area (Å²) in [4.78, 5) is 10.6. The fourth-order valence-electron chi connectivity index (χ4n) is 2.37. The van der Waals surface area contributed by atoms with Gasteiger partial charge in [-0.1, -0.05) is 104 Å². The Balaban J connectivity index is -0.000000162. The Morgan fingerprint density at radius 3 is 1.42 bits per heavy atom. The average Bonchev–Trinajstić information content (AvgIpc) is 2.74. The molecule has 0 heterocycles. The number of hydrogen-bond donors (Lipinski definition) is 0. The zero-order valence-corrected chi connectivity index (χ0v) is 23.6. The topological polar surface area (TPSA) is 17.1 Å². The minimum Gasteiger partial charge on any atom is -0.298 e. The van der Waals surface area contributed by atoms with Crippen molar-refractivity contribution in [2.45, 2.75) is 120 Å². The van der Waals surface area contributed by atoms with Gasteiger partial charge in [-0.2, -0.15) is 0 Å². The third-order valence-corrected chi connectivity index (χ3v) is 4.73. The van der Waals surface area contributed by atoms with E-state index >= 15 is 0 Å². The summed E-state index contributed by atoms with van der Waals surface area (Å²) in [7, 11) is 2.62. The van der Waals surface area contributed by atoms with Crippen LogP contribution in [0.2, 0.25) is 0 Å².